The van der Waals surface area contributed by atoms with Gasteiger partial charge in [-0.1, -0.05) is 19.3 Å². The first-order valence-electron chi connectivity index (χ1n) is 6.92. The number of hydrogen-bond donors (Lipinski definition) is 1. The van der Waals surface area contributed by atoms with Crippen LogP contribution in [-0.2, 0) is 0 Å². The lowest BCUT2D eigenvalue weighted by molar-refractivity contribution is 0.149. The molecule has 2 aliphatic heterocycles. The highest BCUT2D eigenvalue weighted by Crippen LogP contribution is 2.27. The molecule has 2 saturated heterocycles. The molecular weight excluding hydrogens is 184 g/mol. The summed E-state index contributed by atoms with van der Waals surface area (Å²) in [5.74, 6) is 0. The Bertz CT molecular complexity index is 211. The van der Waals surface area contributed by atoms with E-state index in [4.69, 9.17) is 0 Å². The minimum absolute atomic E-state index is 0.819. The molecule has 1 N–H and O–H groups in total. The van der Waals surface area contributed by atoms with Gasteiger partial charge in [0.25, 0.3) is 0 Å². The summed E-state index contributed by atoms with van der Waals surface area (Å²) in [4.78, 5) is 2.80. The normalized spacial score (nSPS) is 39.2. The van der Waals surface area contributed by atoms with Crippen molar-refractivity contribution < 1.29 is 0 Å². The lowest BCUT2D eigenvalue weighted by Gasteiger charge is -2.35. The van der Waals surface area contributed by atoms with Crippen molar-refractivity contribution in [3.05, 3.63) is 0 Å². The Morgan fingerprint density at radius 3 is 2.47 bits per heavy atom. The molecule has 3 rings (SSSR count). The van der Waals surface area contributed by atoms with Gasteiger partial charge in [-0.25, -0.2) is 0 Å². The van der Waals surface area contributed by atoms with Crippen LogP contribution < -0.4 is 5.32 Å². The molecule has 0 unspecified atom stereocenters. The SMILES string of the molecule is C1CCC(N2CC[C@H]3CC[C@@H](C2)N3)CC1. The van der Waals surface area contributed by atoms with Crippen LogP contribution in [0.3, 0.4) is 0 Å². The van der Waals surface area contributed by atoms with Crippen LogP contribution in [0.5, 0.6) is 0 Å². The Labute approximate surface area is 93.4 Å². The molecule has 3 aliphatic rings. The van der Waals surface area contributed by atoms with Crippen LogP contribution in [-0.4, -0.2) is 36.1 Å². The summed E-state index contributed by atoms with van der Waals surface area (Å²) in [5.41, 5.74) is 0. The van der Waals surface area contributed by atoms with Crippen LogP contribution in [0.1, 0.15) is 51.4 Å². The fraction of sp³-hybridized carbons (Fsp3) is 1.00. The van der Waals surface area contributed by atoms with Crippen molar-refractivity contribution in [1.82, 2.24) is 10.2 Å². The highest BCUT2D eigenvalue weighted by molar-refractivity contribution is 4.91. The van der Waals surface area contributed by atoms with E-state index in [1.54, 1.807) is 0 Å². The maximum absolute atomic E-state index is 3.78. The number of fused-ring (bicyclic) bond motifs is 2. The quantitative estimate of drug-likeness (QED) is 0.710. The van der Waals surface area contributed by atoms with Crippen LogP contribution >= 0.6 is 0 Å². The van der Waals surface area contributed by atoms with Crippen molar-refractivity contribution in [3.63, 3.8) is 0 Å². The molecule has 2 bridgehead atoms. The first-order valence-corrected chi connectivity index (χ1v) is 6.92. The van der Waals surface area contributed by atoms with Crippen LogP contribution in [0, 0.1) is 0 Å². The maximum Gasteiger partial charge on any atom is 0.0198 e. The average Bonchev–Trinajstić information content (AvgIpc) is 2.60. The van der Waals surface area contributed by atoms with Crippen LogP contribution in [0.4, 0.5) is 0 Å². The van der Waals surface area contributed by atoms with E-state index in [1.807, 2.05) is 0 Å². The van der Waals surface area contributed by atoms with E-state index in [0.29, 0.717) is 0 Å². The third-order valence-corrected chi connectivity index (χ3v) is 4.65. The molecule has 0 aromatic carbocycles. The van der Waals surface area contributed by atoms with E-state index in [-0.39, 0.29) is 0 Å². The minimum atomic E-state index is 0.819. The van der Waals surface area contributed by atoms with Gasteiger partial charge >= 0.3 is 0 Å². The molecule has 15 heavy (non-hydrogen) atoms. The van der Waals surface area contributed by atoms with Gasteiger partial charge in [0.15, 0.2) is 0 Å². The summed E-state index contributed by atoms with van der Waals surface area (Å²) in [6, 6.07) is 2.60. The van der Waals surface area contributed by atoms with E-state index >= 15 is 0 Å². The van der Waals surface area contributed by atoms with Crippen molar-refractivity contribution >= 4 is 0 Å². The van der Waals surface area contributed by atoms with Gasteiger partial charge in [0, 0.05) is 24.7 Å². The second-order valence-electron chi connectivity index (χ2n) is 5.71. The van der Waals surface area contributed by atoms with E-state index in [2.05, 4.69) is 10.2 Å². The summed E-state index contributed by atoms with van der Waals surface area (Å²) < 4.78 is 0. The molecule has 0 amide bonds. The molecule has 0 aromatic rings. The Hall–Kier alpha value is -0.0800. The van der Waals surface area contributed by atoms with Crippen molar-refractivity contribution in [2.75, 3.05) is 13.1 Å². The van der Waals surface area contributed by atoms with Gasteiger partial charge in [-0.05, 0) is 38.6 Å². The Balaban J connectivity index is 1.60. The first-order chi connectivity index (χ1) is 7.42. The molecule has 86 valence electrons. The first kappa shape index (κ1) is 10.1. The topological polar surface area (TPSA) is 15.3 Å². The highest BCUT2D eigenvalue weighted by Gasteiger charge is 2.32. The molecule has 2 heterocycles. The summed E-state index contributed by atoms with van der Waals surface area (Å²) in [6.07, 6.45) is 11.6. The van der Waals surface area contributed by atoms with Gasteiger partial charge in [0.05, 0.1) is 0 Å². The van der Waals surface area contributed by atoms with Crippen molar-refractivity contribution in [3.8, 4) is 0 Å². The fourth-order valence-electron chi connectivity index (χ4n) is 3.75. The second kappa shape index (κ2) is 4.42. The largest absolute Gasteiger partial charge is 0.310 e. The fourth-order valence-corrected chi connectivity index (χ4v) is 3.75. The number of likely N-dealkylation sites (tertiary alicyclic amines) is 1. The van der Waals surface area contributed by atoms with E-state index in [1.165, 1.54) is 64.5 Å². The average molecular weight is 208 g/mol. The Kier molecular flexibility index (Phi) is 2.98. The lowest BCUT2D eigenvalue weighted by atomic mass is 9.93. The minimum Gasteiger partial charge on any atom is -0.310 e. The van der Waals surface area contributed by atoms with Gasteiger partial charge in [0.1, 0.15) is 0 Å². The monoisotopic (exact) mass is 208 g/mol. The smallest absolute Gasteiger partial charge is 0.0198 e. The zero-order valence-electron chi connectivity index (χ0n) is 9.75. The second-order valence-corrected chi connectivity index (χ2v) is 5.71. The van der Waals surface area contributed by atoms with Gasteiger partial charge in [-0.3, -0.25) is 4.90 Å². The predicted octanol–water partition coefficient (Wildman–Crippen LogP) is 2.15. The number of nitrogens with one attached hydrogen (secondary N) is 1. The predicted molar refractivity (Wildman–Crippen MR) is 63.0 cm³/mol. The lowest BCUT2D eigenvalue weighted by Crippen LogP contribution is -2.42. The van der Waals surface area contributed by atoms with E-state index < -0.39 is 0 Å². The summed E-state index contributed by atoms with van der Waals surface area (Å²) in [7, 11) is 0. The maximum atomic E-state index is 3.78. The van der Waals surface area contributed by atoms with Crippen molar-refractivity contribution in [2.24, 2.45) is 0 Å². The molecule has 0 radical (unpaired) electrons. The molecular formula is C13H24N2. The Morgan fingerprint density at radius 1 is 0.800 bits per heavy atom. The number of nitrogens with zero attached hydrogens (tertiary/aromatic N) is 1. The zero-order valence-corrected chi connectivity index (χ0v) is 9.75. The molecule has 2 heteroatoms. The van der Waals surface area contributed by atoms with Crippen molar-refractivity contribution in [1.29, 1.82) is 0 Å². The molecule has 1 saturated carbocycles. The van der Waals surface area contributed by atoms with Crippen LogP contribution in [0.2, 0.25) is 0 Å². The molecule has 3 fully saturated rings. The van der Waals surface area contributed by atoms with Crippen LogP contribution in [0.25, 0.3) is 0 Å². The van der Waals surface area contributed by atoms with E-state index in [0.717, 1.165) is 18.1 Å². The van der Waals surface area contributed by atoms with Gasteiger partial charge in [0.2, 0.25) is 0 Å². The number of rotatable bonds is 1. The summed E-state index contributed by atoms with van der Waals surface area (Å²) in [6.45, 7) is 2.69. The number of hydrogen-bond acceptors (Lipinski definition) is 2. The summed E-state index contributed by atoms with van der Waals surface area (Å²) >= 11 is 0. The Morgan fingerprint density at radius 2 is 1.60 bits per heavy atom. The van der Waals surface area contributed by atoms with Gasteiger partial charge in [-0.15, -0.1) is 0 Å². The standard InChI is InChI=1S/C13H24N2/c1-2-4-13(5-3-1)15-9-8-11-6-7-12(10-15)14-11/h11-14H,1-10H2/t11-,12+/m1/s1. The van der Waals surface area contributed by atoms with Gasteiger partial charge < -0.3 is 5.32 Å². The summed E-state index contributed by atoms with van der Waals surface area (Å²) in [5, 5.41) is 3.78. The van der Waals surface area contributed by atoms with Crippen molar-refractivity contribution in [2.45, 2.75) is 69.5 Å². The third-order valence-electron chi connectivity index (χ3n) is 4.65. The molecule has 2 nitrogen and oxygen atoms in total. The molecule has 2 atom stereocenters. The third kappa shape index (κ3) is 2.21. The highest BCUT2D eigenvalue weighted by atomic mass is 15.2. The molecule has 0 spiro atoms. The van der Waals surface area contributed by atoms with Gasteiger partial charge in [-0.2, -0.15) is 0 Å². The zero-order chi connectivity index (χ0) is 10.1. The van der Waals surface area contributed by atoms with Crippen LogP contribution in [0.15, 0.2) is 0 Å². The molecule has 0 aromatic heterocycles. The van der Waals surface area contributed by atoms with E-state index in [9.17, 15) is 0 Å². The molecule has 1 aliphatic carbocycles.